The Kier molecular flexibility index (Phi) is 7.70. The summed E-state index contributed by atoms with van der Waals surface area (Å²) in [7, 11) is 0. The van der Waals surface area contributed by atoms with Crippen molar-refractivity contribution in [3.05, 3.63) is 42.5 Å². The van der Waals surface area contributed by atoms with Crippen molar-refractivity contribution in [1.82, 2.24) is 16.0 Å². The van der Waals surface area contributed by atoms with Gasteiger partial charge in [0.2, 0.25) is 0 Å². The summed E-state index contributed by atoms with van der Waals surface area (Å²) in [6.07, 6.45) is 3.35. The van der Waals surface area contributed by atoms with Crippen molar-refractivity contribution in [1.29, 1.82) is 0 Å². The molecule has 27 heavy (non-hydrogen) atoms. The van der Waals surface area contributed by atoms with E-state index in [9.17, 15) is 9.59 Å². The summed E-state index contributed by atoms with van der Waals surface area (Å²) in [6, 6.07) is 7.85. The Balaban J connectivity index is 1.97. The van der Waals surface area contributed by atoms with Crippen LogP contribution in [-0.2, 0) is 0 Å². The van der Waals surface area contributed by atoms with E-state index >= 15 is 0 Å². The first kappa shape index (κ1) is 20.8. The molecule has 1 atom stereocenters. The molecule has 1 saturated heterocycles. The molecule has 3 N–H and O–H groups in total. The number of rotatable bonds is 7. The molecule has 6 nitrogen and oxygen atoms in total. The molecule has 148 valence electrons. The van der Waals surface area contributed by atoms with Gasteiger partial charge in [-0.2, -0.15) is 0 Å². The number of nitrogens with zero attached hydrogens (tertiary/aromatic N) is 1. The van der Waals surface area contributed by atoms with Crippen LogP contribution < -0.4 is 20.9 Å². The van der Waals surface area contributed by atoms with Gasteiger partial charge >= 0.3 is 6.03 Å². The first-order valence-corrected chi connectivity index (χ1v) is 9.72. The molecule has 0 spiro atoms. The van der Waals surface area contributed by atoms with Crippen molar-refractivity contribution in [2.24, 2.45) is 5.92 Å². The molecule has 6 heteroatoms. The molecule has 3 amide bonds. The summed E-state index contributed by atoms with van der Waals surface area (Å²) in [5.41, 5.74) is 1.67. The molecular formula is C21H32N4O2. The number of urea groups is 1. The van der Waals surface area contributed by atoms with Gasteiger partial charge in [0.25, 0.3) is 5.91 Å². The van der Waals surface area contributed by atoms with Gasteiger partial charge in [-0.25, -0.2) is 4.79 Å². The molecule has 1 aromatic rings. The van der Waals surface area contributed by atoms with Crippen molar-refractivity contribution in [2.45, 2.75) is 45.7 Å². The molecule has 2 rings (SSSR count). The fraction of sp³-hybridized carbons (Fsp3) is 0.524. The average Bonchev–Trinajstić information content (AvgIpc) is 2.66. The van der Waals surface area contributed by atoms with Crippen molar-refractivity contribution < 1.29 is 9.59 Å². The van der Waals surface area contributed by atoms with Gasteiger partial charge in [0.15, 0.2) is 0 Å². The fourth-order valence-corrected chi connectivity index (χ4v) is 3.06. The Morgan fingerprint density at radius 1 is 1.22 bits per heavy atom. The number of benzene rings is 1. The van der Waals surface area contributed by atoms with Crippen LogP contribution >= 0.6 is 0 Å². The second kappa shape index (κ2) is 10.00. The molecule has 1 aliphatic heterocycles. The molecule has 0 aromatic heterocycles. The van der Waals surface area contributed by atoms with Crippen LogP contribution in [0.5, 0.6) is 0 Å². The van der Waals surface area contributed by atoms with Crippen LogP contribution in [-0.4, -0.2) is 43.7 Å². The third kappa shape index (κ3) is 6.01. The number of para-hydroxylation sites is 1. The Morgan fingerprint density at radius 2 is 1.89 bits per heavy atom. The second-order valence-electron chi connectivity index (χ2n) is 7.43. The zero-order valence-electron chi connectivity index (χ0n) is 16.6. The number of carbonyl (C=O) groups is 2. The number of nitrogens with one attached hydrogen (secondary N) is 3. The van der Waals surface area contributed by atoms with E-state index in [2.05, 4.69) is 41.3 Å². The number of piperidine rings is 1. The van der Waals surface area contributed by atoms with Gasteiger partial charge in [-0.1, -0.05) is 32.1 Å². The quantitative estimate of drug-likeness (QED) is 0.644. The summed E-state index contributed by atoms with van der Waals surface area (Å²) in [5.74, 6) is 0.353. The Morgan fingerprint density at radius 3 is 2.52 bits per heavy atom. The number of amides is 3. The van der Waals surface area contributed by atoms with E-state index in [1.54, 1.807) is 6.08 Å². The maximum absolute atomic E-state index is 12.7. The SMILES string of the molecule is C=CCNC(=O)NC1CCN(c2ccccc2C(=O)N[C@H](C)C(C)C)CC1. The van der Waals surface area contributed by atoms with Crippen molar-refractivity contribution in [3.8, 4) is 0 Å². The molecule has 1 heterocycles. The molecule has 0 saturated carbocycles. The maximum Gasteiger partial charge on any atom is 0.315 e. The number of carbonyl (C=O) groups excluding carboxylic acids is 2. The van der Waals surface area contributed by atoms with Crippen LogP contribution in [0.4, 0.5) is 10.5 Å². The topological polar surface area (TPSA) is 73.5 Å². The van der Waals surface area contributed by atoms with E-state index in [0.717, 1.165) is 31.6 Å². The van der Waals surface area contributed by atoms with Crippen LogP contribution in [0.2, 0.25) is 0 Å². The molecule has 1 aromatic carbocycles. The Bertz CT molecular complexity index is 651. The minimum absolute atomic E-state index is 0.0316. The number of hydrogen-bond acceptors (Lipinski definition) is 3. The summed E-state index contributed by atoms with van der Waals surface area (Å²) >= 11 is 0. The summed E-state index contributed by atoms with van der Waals surface area (Å²) in [5, 5.41) is 8.83. The first-order valence-electron chi connectivity index (χ1n) is 9.72. The third-order valence-corrected chi connectivity index (χ3v) is 5.09. The van der Waals surface area contributed by atoms with Crippen molar-refractivity contribution >= 4 is 17.6 Å². The minimum atomic E-state index is -0.157. The molecule has 0 aliphatic carbocycles. The molecular weight excluding hydrogens is 340 g/mol. The van der Waals surface area contributed by atoms with Gasteiger partial charge < -0.3 is 20.9 Å². The lowest BCUT2D eigenvalue weighted by molar-refractivity contribution is 0.0931. The van der Waals surface area contributed by atoms with Crippen LogP contribution in [0.1, 0.15) is 44.0 Å². The molecule has 1 aliphatic rings. The summed E-state index contributed by atoms with van der Waals surface area (Å²) < 4.78 is 0. The lowest BCUT2D eigenvalue weighted by atomic mass is 10.0. The third-order valence-electron chi connectivity index (χ3n) is 5.09. The van der Waals surface area contributed by atoms with Crippen LogP contribution in [0.25, 0.3) is 0 Å². The van der Waals surface area contributed by atoms with E-state index < -0.39 is 0 Å². The van der Waals surface area contributed by atoms with Crippen molar-refractivity contribution in [2.75, 3.05) is 24.5 Å². The standard InChI is InChI=1S/C21H32N4O2/c1-5-12-22-21(27)24-17-10-13-25(14-11-17)19-9-7-6-8-18(19)20(26)23-16(4)15(2)3/h5-9,15-17H,1,10-14H2,2-4H3,(H,23,26)(H2,22,24,27)/t16-/m1/s1. The molecule has 0 radical (unpaired) electrons. The lowest BCUT2D eigenvalue weighted by Gasteiger charge is -2.35. The smallest absolute Gasteiger partial charge is 0.315 e. The predicted octanol–water partition coefficient (Wildman–Crippen LogP) is 2.91. The predicted molar refractivity (Wildman–Crippen MR) is 110 cm³/mol. The van der Waals surface area contributed by atoms with Crippen LogP contribution in [0.3, 0.4) is 0 Å². The summed E-state index contributed by atoms with van der Waals surface area (Å²) in [6.45, 7) is 11.9. The summed E-state index contributed by atoms with van der Waals surface area (Å²) in [4.78, 5) is 26.7. The van der Waals surface area contributed by atoms with Crippen LogP contribution in [0.15, 0.2) is 36.9 Å². The molecule has 0 unspecified atom stereocenters. The molecule has 0 bridgehead atoms. The highest BCUT2D eigenvalue weighted by molar-refractivity contribution is 6.00. The lowest BCUT2D eigenvalue weighted by Crippen LogP contribution is -2.48. The normalized spacial score (nSPS) is 15.9. The highest BCUT2D eigenvalue weighted by Crippen LogP contribution is 2.24. The highest BCUT2D eigenvalue weighted by Gasteiger charge is 2.24. The maximum atomic E-state index is 12.7. The van der Waals surface area contributed by atoms with Crippen LogP contribution in [0, 0.1) is 5.92 Å². The highest BCUT2D eigenvalue weighted by atomic mass is 16.2. The van der Waals surface area contributed by atoms with E-state index in [0.29, 0.717) is 18.0 Å². The Hall–Kier alpha value is -2.50. The number of anilines is 1. The zero-order valence-corrected chi connectivity index (χ0v) is 16.6. The second-order valence-corrected chi connectivity index (χ2v) is 7.43. The minimum Gasteiger partial charge on any atom is -0.371 e. The van der Waals surface area contributed by atoms with Gasteiger partial charge in [-0.3, -0.25) is 4.79 Å². The van der Waals surface area contributed by atoms with E-state index in [1.807, 2.05) is 31.2 Å². The molecule has 1 fully saturated rings. The van der Waals surface area contributed by atoms with Gasteiger partial charge in [-0.15, -0.1) is 6.58 Å². The average molecular weight is 373 g/mol. The van der Waals surface area contributed by atoms with E-state index in [-0.39, 0.29) is 24.0 Å². The fourth-order valence-electron chi connectivity index (χ4n) is 3.06. The van der Waals surface area contributed by atoms with Gasteiger partial charge in [-0.05, 0) is 37.8 Å². The monoisotopic (exact) mass is 372 g/mol. The zero-order chi connectivity index (χ0) is 19.8. The first-order chi connectivity index (χ1) is 12.9. The van der Waals surface area contributed by atoms with Gasteiger partial charge in [0.05, 0.1) is 5.56 Å². The largest absolute Gasteiger partial charge is 0.371 e. The Labute approximate surface area is 162 Å². The van der Waals surface area contributed by atoms with Gasteiger partial charge in [0.1, 0.15) is 0 Å². The van der Waals surface area contributed by atoms with E-state index in [1.165, 1.54) is 0 Å². The van der Waals surface area contributed by atoms with Crippen molar-refractivity contribution in [3.63, 3.8) is 0 Å². The number of hydrogen-bond donors (Lipinski definition) is 3. The van der Waals surface area contributed by atoms with Gasteiger partial charge in [0, 0.05) is 37.4 Å². The van der Waals surface area contributed by atoms with E-state index in [4.69, 9.17) is 0 Å².